The van der Waals surface area contributed by atoms with Crippen LogP contribution in [0.5, 0.6) is 0 Å². The summed E-state index contributed by atoms with van der Waals surface area (Å²) in [7, 11) is 0. The fourth-order valence-corrected chi connectivity index (χ4v) is 2.53. The zero-order valence-corrected chi connectivity index (χ0v) is 9.54. The lowest BCUT2D eigenvalue weighted by Crippen LogP contribution is -2.31. The maximum atomic E-state index is 10.5. The predicted octanol–water partition coefficient (Wildman–Crippen LogP) is 1.64. The van der Waals surface area contributed by atoms with Gasteiger partial charge in [-0.25, -0.2) is 4.79 Å². The Morgan fingerprint density at radius 2 is 2.00 bits per heavy atom. The highest BCUT2D eigenvalue weighted by atomic mass is 16.4. The minimum atomic E-state index is -1.01. The number of benzene rings is 1. The predicted molar refractivity (Wildman–Crippen MR) is 63.8 cm³/mol. The second-order valence-corrected chi connectivity index (χ2v) is 4.63. The highest BCUT2D eigenvalue weighted by molar-refractivity contribution is 5.64. The molecule has 1 aromatic rings. The first-order valence-corrected chi connectivity index (χ1v) is 5.86. The Bertz CT molecular complexity index is 380. The molecule has 3 atom stereocenters. The zero-order valence-electron chi connectivity index (χ0n) is 9.54. The molecule has 0 aromatic heterocycles. The lowest BCUT2D eigenvalue weighted by molar-refractivity contribution is 0.131. The molecule has 0 unspecified atom stereocenters. The highest BCUT2D eigenvalue weighted by Crippen LogP contribution is 2.29. The van der Waals surface area contributed by atoms with Gasteiger partial charge in [-0.3, -0.25) is 0 Å². The first-order valence-electron chi connectivity index (χ1n) is 5.86. The number of rotatable bonds is 3. The summed E-state index contributed by atoms with van der Waals surface area (Å²) < 4.78 is 0. The second-order valence-electron chi connectivity index (χ2n) is 4.63. The number of hydrogen-bond donors (Lipinski definition) is 3. The van der Waals surface area contributed by atoms with E-state index < -0.39 is 12.2 Å². The molecule has 2 rings (SSSR count). The van der Waals surface area contributed by atoms with Crippen molar-refractivity contribution >= 4 is 6.09 Å². The Balaban J connectivity index is 1.92. The quantitative estimate of drug-likeness (QED) is 0.746. The molecule has 1 saturated carbocycles. The fourth-order valence-electron chi connectivity index (χ4n) is 2.53. The molecule has 0 heterocycles. The molecule has 0 aliphatic heterocycles. The number of aliphatic hydroxyl groups excluding tert-OH is 1. The van der Waals surface area contributed by atoms with E-state index in [4.69, 9.17) is 5.11 Å². The maximum Gasteiger partial charge on any atom is 0.404 e. The van der Waals surface area contributed by atoms with Gasteiger partial charge in [0.05, 0.1) is 6.10 Å². The van der Waals surface area contributed by atoms with Crippen molar-refractivity contribution in [2.45, 2.75) is 31.4 Å². The summed E-state index contributed by atoms with van der Waals surface area (Å²) in [6.45, 7) is 0. The third-order valence-corrected chi connectivity index (χ3v) is 3.33. The third kappa shape index (κ3) is 3.20. The van der Waals surface area contributed by atoms with Gasteiger partial charge in [0.2, 0.25) is 0 Å². The van der Waals surface area contributed by atoms with E-state index in [0.717, 1.165) is 6.42 Å². The van der Waals surface area contributed by atoms with E-state index in [1.165, 1.54) is 5.56 Å². The van der Waals surface area contributed by atoms with E-state index in [1.54, 1.807) is 0 Å². The molecule has 1 aliphatic carbocycles. The molecule has 4 heteroatoms. The van der Waals surface area contributed by atoms with Crippen LogP contribution < -0.4 is 5.32 Å². The van der Waals surface area contributed by atoms with Gasteiger partial charge in [-0.1, -0.05) is 30.3 Å². The van der Waals surface area contributed by atoms with E-state index in [-0.39, 0.29) is 12.0 Å². The molecule has 4 nitrogen and oxygen atoms in total. The van der Waals surface area contributed by atoms with E-state index in [2.05, 4.69) is 5.32 Å². The van der Waals surface area contributed by atoms with Crippen molar-refractivity contribution in [3.63, 3.8) is 0 Å². The topological polar surface area (TPSA) is 69.6 Å². The van der Waals surface area contributed by atoms with Crippen molar-refractivity contribution in [2.24, 2.45) is 5.92 Å². The van der Waals surface area contributed by atoms with Crippen LogP contribution in [0.25, 0.3) is 0 Å². The Kier molecular flexibility index (Phi) is 3.64. The Hall–Kier alpha value is -1.55. The van der Waals surface area contributed by atoms with Gasteiger partial charge in [-0.15, -0.1) is 0 Å². The lowest BCUT2D eigenvalue weighted by Gasteiger charge is -2.13. The maximum absolute atomic E-state index is 10.5. The van der Waals surface area contributed by atoms with Crippen molar-refractivity contribution in [1.82, 2.24) is 5.32 Å². The van der Waals surface area contributed by atoms with Gasteiger partial charge in [0, 0.05) is 6.04 Å². The number of carbonyl (C=O) groups is 1. The highest BCUT2D eigenvalue weighted by Gasteiger charge is 2.33. The molecule has 0 saturated heterocycles. The largest absolute Gasteiger partial charge is 0.465 e. The summed E-state index contributed by atoms with van der Waals surface area (Å²) in [6, 6.07) is 9.86. The van der Waals surface area contributed by atoms with Crippen molar-refractivity contribution in [1.29, 1.82) is 0 Å². The van der Waals surface area contributed by atoms with Gasteiger partial charge in [0.15, 0.2) is 0 Å². The summed E-state index contributed by atoms with van der Waals surface area (Å²) in [6.07, 6.45) is 0.612. The first kappa shape index (κ1) is 11.9. The Morgan fingerprint density at radius 3 is 2.65 bits per heavy atom. The summed E-state index contributed by atoms with van der Waals surface area (Å²) in [4.78, 5) is 10.5. The first-order chi connectivity index (χ1) is 8.15. The average molecular weight is 235 g/mol. The molecule has 1 aliphatic rings. The summed E-state index contributed by atoms with van der Waals surface area (Å²) in [5.41, 5.74) is 1.19. The summed E-state index contributed by atoms with van der Waals surface area (Å²) in [5.74, 6) is 0.147. The molecular formula is C13H17NO3. The monoisotopic (exact) mass is 235 g/mol. The minimum Gasteiger partial charge on any atom is -0.465 e. The number of nitrogens with one attached hydrogen (secondary N) is 1. The van der Waals surface area contributed by atoms with Crippen molar-refractivity contribution < 1.29 is 15.0 Å². The molecule has 1 fully saturated rings. The van der Waals surface area contributed by atoms with E-state index in [9.17, 15) is 9.90 Å². The van der Waals surface area contributed by atoms with Gasteiger partial charge in [0.1, 0.15) is 0 Å². The van der Waals surface area contributed by atoms with E-state index in [0.29, 0.717) is 12.8 Å². The number of hydrogen-bond acceptors (Lipinski definition) is 2. The SMILES string of the molecule is O=C(O)N[C@@H]1C[C@@H](Cc2ccccc2)[C@H](O)C1. The van der Waals surface area contributed by atoms with Gasteiger partial charge >= 0.3 is 6.09 Å². The van der Waals surface area contributed by atoms with Crippen LogP contribution >= 0.6 is 0 Å². The van der Waals surface area contributed by atoms with Crippen LogP contribution in [0.3, 0.4) is 0 Å². The van der Waals surface area contributed by atoms with Gasteiger partial charge in [0.25, 0.3) is 0 Å². The fraction of sp³-hybridized carbons (Fsp3) is 0.462. The standard InChI is InChI=1S/C13H17NO3/c15-12-8-11(14-13(16)17)7-10(12)6-9-4-2-1-3-5-9/h1-5,10-12,14-15H,6-8H2,(H,16,17)/t10-,11-,12-/m1/s1. The van der Waals surface area contributed by atoms with Crippen LogP contribution in [-0.4, -0.2) is 28.5 Å². The molecule has 0 spiro atoms. The number of carboxylic acid groups (broad SMARTS) is 1. The molecule has 3 N–H and O–H groups in total. The zero-order chi connectivity index (χ0) is 12.3. The van der Waals surface area contributed by atoms with Gasteiger partial charge < -0.3 is 15.5 Å². The van der Waals surface area contributed by atoms with Crippen LogP contribution in [0.2, 0.25) is 0 Å². The third-order valence-electron chi connectivity index (χ3n) is 3.33. The van der Waals surface area contributed by atoms with Gasteiger partial charge in [-0.05, 0) is 30.7 Å². The molecule has 92 valence electrons. The summed E-state index contributed by atoms with van der Waals surface area (Å²) in [5, 5.41) is 21.0. The number of aliphatic hydroxyl groups is 1. The van der Waals surface area contributed by atoms with Gasteiger partial charge in [-0.2, -0.15) is 0 Å². The van der Waals surface area contributed by atoms with Crippen molar-refractivity contribution in [3.8, 4) is 0 Å². The Morgan fingerprint density at radius 1 is 1.29 bits per heavy atom. The van der Waals surface area contributed by atoms with Crippen LogP contribution in [0, 0.1) is 5.92 Å². The molecule has 0 radical (unpaired) electrons. The lowest BCUT2D eigenvalue weighted by atomic mass is 9.96. The average Bonchev–Trinajstić information content (AvgIpc) is 2.59. The van der Waals surface area contributed by atoms with E-state index >= 15 is 0 Å². The molecule has 0 bridgehead atoms. The Labute approximate surface area is 100 Å². The molecule has 1 aromatic carbocycles. The molecule has 1 amide bonds. The van der Waals surface area contributed by atoms with Crippen molar-refractivity contribution in [2.75, 3.05) is 0 Å². The van der Waals surface area contributed by atoms with Crippen molar-refractivity contribution in [3.05, 3.63) is 35.9 Å². The summed E-state index contributed by atoms with van der Waals surface area (Å²) >= 11 is 0. The van der Waals surface area contributed by atoms with Crippen LogP contribution in [0.1, 0.15) is 18.4 Å². The van der Waals surface area contributed by atoms with Crippen LogP contribution in [-0.2, 0) is 6.42 Å². The molecule has 17 heavy (non-hydrogen) atoms. The minimum absolute atomic E-state index is 0.115. The normalized spacial score (nSPS) is 27.9. The smallest absolute Gasteiger partial charge is 0.404 e. The van der Waals surface area contributed by atoms with Crippen LogP contribution in [0.15, 0.2) is 30.3 Å². The second kappa shape index (κ2) is 5.19. The number of amides is 1. The van der Waals surface area contributed by atoms with Crippen LogP contribution in [0.4, 0.5) is 4.79 Å². The molecular weight excluding hydrogens is 218 g/mol. The van der Waals surface area contributed by atoms with E-state index in [1.807, 2.05) is 30.3 Å².